The van der Waals surface area contributed by atoms with Crippen molar-refractivity contribution >= 4 is 22.9 Å². The number of hydrogen-bond donors (Lipinski definition) is 3. The van der Waals surface area contributed by atoms with E-state index < -0.39 is 35.6 Å². The van der Waals surface area contributed by atoms with Gasteiger partial charge in [-0.15, -0.1) is 0 Å². The summed E-state index contributed by atoms with van der Waals surface area (Å²) in [5, 5.41) is 31.4. The second-order valence-corrected chi connectivity index (χ2v) is 11.8. The quantitative estimate of drug-likeness (QED) is 0.395. The first-order chi connectivity index (χ1) is 17.9. The van der Waals surface area contributed by atoms with E-state index >= 15 is 0 Å². The van der Waals surface area contributed by atoms with Crippen LogP contribution in [0.25, 0.3) is 11.1 Å². The molecule has 0 aliphatic carbocycles. The number of fused-ring (bicyclic) bond motifs is 2. The highest BCUT2D eigenvalue weighted by atomic mass is 16.6. The summed E-state index contributed by atoms with van der Waals surface area (Å²) in [6.07, 6.45) is -0.0320. The third-order valence-electron chi connectivity index (χ3n) is 8.63. The summed E-state index contributed by atoms with van der Waals surface area (Å²) in [6.45, 7) is 8.77. The number of ether oxygens (including phenoxy) is 2. The van der Waals surface area contributed by atoms with Crippen LogP contribution in [0.2, 0.25) is 0 Å². The molecule has 9 nitrogen and oxygen atoms in total. The van der Waals surface area contributed by atoms with Gasteiger partial charge in [0.15, 0.2) is 5.58 Å². The van der Waals surface area contributed by atoms with E-state index in [2.05, 4.69) is 4.98 Å². The Morgan fingerprint density at radius 2 is 1.89 bits per heavy atom. The maximum Gasteiger partial charge on any atom is 0.309 e. The van der Waals surface area contributed by atoms with Crippen LogP contribution in [0.3, 0.4) is 0 Å². The van der Waals surface area contributed by atoms with Gasteiger partial charge in [-0.3, -0.25) is 9.59 Å². The molecule has 2 aliphatic rings. The van der Waals surface area contributed by atoms with Gasteiger partial charge in [-0.05, 0) is 49.8 Å². The molecule has 0 bridgehead atoms. The van der Waals surface area contributed by atoms with Crippen molar-refractivity contribution in [2.75, 3.05) is 0 Å². The number of aromatic nitrogens is 1. The zero-order valence-corrected chi connectivity index (χ0v) is 23.0. The fourth-order valence-corrected chi connectivity index (χ4v) is 5.70. The molecule has 38 heavy (non-hydrogen) atoms. The summed E-state index contributed by atoms with van der Waals surface area (Å²) in [6, 6.07) is 5.29. The first-order valence-electron chi connectivity index (χ1n) is 13.7. The summed E-state index contributed by atoms with van der Waals surface area (Å²) in [7, 11) is 0. The minimum atomic E-state index is -1.28. The van der Waals surface area contributed by atoms with E-state index in [-0.39, 0.29) is 42.3 Å². The number of benzene rings is 1. The highest BCUT2D eigenvalue weighted by Crippen LogP contribution is 2.47. The fourth-order valence-electron chi connectivity index (χ4n) is 5.70. The minimum absolute atomic E-state index is 0.0961. The first-order valence-corrected chi connectivity index (χ1v) is 13.7. The zero-order valence-electron chi connectivity index (χ0n) is 23.0. The number of Topliss-reactive ketones (excluding diaryl/α,β-unsaturated/α-hetero) is 1. The second-order valence-electron chi connectivity index (χ2n) is 11.8. The van der Waals surface area contributed by atoms with E-state index in [1.807, 2.05) is 20.8 Å². The number of esters is 1. The van der Waals surface area contributed by atoms with Crippen molar-refractivity contribution in [3.63, 3.8) is 0 Å². The van der Waals surface area contributed by atoms with Gasteiger partial charge >= 0.3 is 5.97 Å². The van der Waals surface area contributed by atoms with Crippen molar-refractivity contribution < 1.29 is 38.8 Å². The molecule has 0 spiro atoms. The molecule has 1 aromatic carbocycles. The van der Waals surface area contributed by atoms with Gasteiger partial charge in [0.25, 0.3) is 0 Å². The van der Waals surface area contributed by atoms with Crippen LogP contribution < -0.4 is 0 Å². The standard InChI is InChI=1S/C29H41NO8/c1-6-18-26(34)16(2)8-7-11-29(5)23(38-29)13-21(37-25(33)14-22(32)28(3,4)27(18)35)17-9-10-20-19(12-17)30-24(15-31)36-20/h9-10,12,16,18,21-23,26,31-32,34H,6-8,11,13-15H2,1-5H3/t16-,18+,21-,22-,23-,26-,29+/m0/s1. The van der Waals surface area contributed by atoms with Gasteiger partial charge < -0.3 is 29.2 Å². The summed E-state index contributed by atoms with van der Waals surface area (Å²) in [4.78, 5) is 30.9. The maximum atomic E-state index is 13.5. The van der Waals surface area contributed by atoms with Crippen LogP contribution in [0, 0.1) is 17.3 Å². The van der Waals surface area contributed by atoms with Crippen LogP contribution in [-0.4, -0.2) is 56.0 Å². The van der Waals surface area contributed by atoms with Crippen LogP contribution >= 0.6 is 0 Å². The number of cyclic esters (lactones) is 1. The predicted molar refractivity (Wildman–Crippen MR) is 139 cm³/mol. The summed E-state index contributed by atoms with van der Waals surface area (Å²) < 4.78 is 17.5. The lowest BCUT2D eigenvalue weighted by molar-refractivity contribution is -0.156. The Labute approximate surface area is 223 Å². The molecule has 2 saturated heterocycles. The van der Waals surface area contributed by atoms with Gasteiger partial charge in [0.05, 0.1) is 35.7 Å². The van der Waals surface area contributed by atoms with Gasteiger partial charge in [-0.25, -0.2) is 4.98 Å². The molecule has 3 heterocycles. The number of oxazole rings is 1. The molecule has 2 aromatic rings. The van der Waals surface area contributed by atoms with E-state index in [1.54, 1.807) is 32.0 Å². The number of hydrogen-bond acceptors (Lipinski definition) is 9. The average Bonchev–Trinajstić information content (AvgIpc) is 3.31. The predicted octanol–water partition coefficient (Wildman–Crippen LogP) is 4.01. The molecule has 3 N–H and O–H groups in total. The average molecular weight is 532 g/mol. The third-order valence-corrected chi connectivity index (χ3v) is 8.63. The minimum Gasteiger partial charge on any atom is -0.457 e. The van der Waals surface area contributed by atoms with Crippen LogP contribution in [0.5, 0.6) is 0 Å². The molecule has 0 saturated carbocycles. The molecule has 210 valence electrons. The Balaban J connectivity index is 1.62. The molecule has 1 aromatic heterocycles. The highest BCUT2D eigenvalue weighted by Gasteiger charge is 2.53. The fraction of sp³-hybridized carbons (Fsp3) is 0.690. The Hall–Kier alpha value is -2.33. The van der Waals surface area contributed by atoms with Crippen LogP contribution in [0.1, 0.15) is 90.7 Å². The zero-order chi connectivity index (χ0) is 27.8. The SMILES string of the molecule is CC[C@H]1C(=O)C(C)(C)[C@@H](O)CC(=O)O[C@H](c2ccc3oc(CO)nc3c2)C[C@@H]2O[C@]2(C)CCC[C@H](C)[C@@H]1O. The lowest BCUT2D eigenvalue weighted by Gasteiger charge is -2.35. The largest absolute Gasteiger partial charge is 0.457 e. The van der Waals surface area contributed by atoms with Gasteiger partial charge in [0, 0.05) is 12.3 Å². The number of aliphatic hydroxyl groups is 3. The number of carbonyl (C=O) groups excluding carboxylic acids is 2. The summed E-state index contributed by atoms with van der Waals surface area (Å²) in [5.74, 6) is -1.41. The third kappa shape index (κ3) is 5.81. The number of ketones is 1. The Morgan fingerprint density at radius 3 is 2.58 bits per heavy atom. The lowest BCUT2D eigenvalue weighted by atomic mass is 9.71. The Morgan fingerprint density at radius 1 is 1.16 bits per heavy atom. The van der Waals surface area contributed by atoms with Crippen molar-refractivity contribution in [1.82, 2.24) is 4.98 Å². The smallest absolute Gasteiger partial charge is 0.309 e. The molecule has 0 radical (unpaired) electrons. The molecule has 2 fully saturated rings. The van der Waals surface area contributed by atoms with Crippen molar-refractivity contribution in [2.45, 2.75) is 110 Å². The summed E-state index contributed by atoms with van der Waals surface area (Å²) in [5.41, 5.74) is 0.151. The molecule has 4 rings (SSSR count). The van der Waals surface area contributed by atoms with Crippen molar-refractivity contribution in [1.29, 1.82) is 0 Å². The number of epoxide rings is 1. The monoisotopic (exact) mass is 531 g/mol. The summed E-state index contributed by atoms with van der Waals surface area (Å²) >= 11 is 0. The normalized spacial score (nSPS) is 35.1. The molecule has 0 amide bonds. The first kappa shape index (κ1) is 28.7. The topological polar surface area (TPSA) is 143 Å². The van der Waals surface area contributed by atoms with Crippen LogP contribution in [0.15, 0.2) is 22.6 Å². The Bertz CT molecular complexity index is 1160. The molecular formula is C29H41NO8. The van der Waals surface area contributed by atoms with Crippen molar-refractivity contribution in [3.05, 3.63) is 29.7 Å². The molecule has 2 aliphatic heterocycles. The van der Waals surface area contributed by atoms with Gasteiger partial charge in [-0.1, -0.05) is 40.2 Å². The number of aliphatic hydroxyl groups excluding tert-OH is 3. The Kier molecular flexibility index (Phi) is 8.33. The van der Waals surface area contributed by atoms with E-state index in [0.717, 1.165) is 19.3 Å². The maximum absolute atomic E-state index is 13.5. The van der Waals surface area contributed by atoms with E-state index in [0.29, 0.717) is 29.5 Å². The number of carbonyl (C=O) groups is 2. The molecular weight excluding hydrogens is 490 g/mol. The molecule has 7 atom stereocenters. The van der Waals surface area contributed by atoms with Crippen molar-refractivity contribution in [3.8, 4) is 0 Å². The van der Waals surface area contributed by atoms with Gasteiger partial charge in [-0.2, -0.15) is 0 Å². The lowest BCUT2D eigenvalue weighted by Crippen LogP contribution is -2.46. The van der Waals surface area contributed by atoms with Gasteiger partial charge in [0.1, 0.15) is 24.0 Å². The van der Waals surface area contributed by atoms with Crippen molar-refractivity contribution in [2.24, 2.45) is 17.3 Å². The number of rotatable bonds is 3. The molecule has 0 unspecified atom stereocenters. The highest BCUT2D eigenvalue weighted by molar-refractivity contribution is 5.88. The van der Waals surface area contributed by atoms with E-state index in [1.165, 1.54) is 0 Å². The van der Waals surface area contributed by atoms with E-state index in [4.69, 9.17) is 13.9 Å². The van der Waals surface area contributed by atoms with E-state index in [9.17, 15) is 24.9 Å². The second kappa shape index (κ2) is 11.0. The molecule has 9 heteroatoms. The number of nitrogens with zero attached hydrogens (tertiary/aromatic N) is 1. The van der Waals surface area contributed by atoms with Gasteiger partial charge in [0.2, 0.25) is 5.89 Å². The van der Waals surface area contributed by atoms with Crippen LogP contribution in [-0.2, 0) is 25.7 Å². The van der Waals surface area contributed by atoms with Crippen LogP contribution in [0.4, 0.5) is 0 Å².